The molecule has 2 heterocycles. The van der Waals surface area contributed by atoms with Gasteiger partial charge in [-0.3, -0.25) is 9.69 Å². The maximum absolute atomic E-state index is 12.5. The monoisotopic (exact) mass is 408 g/mol. The number of carbonyl (C=O) groups is 1. The van der Waals surface area contributed by atoms with Crippen molar-refractivity contribution in [3.05, 3.63) is 10.6 Å². The van der Waals surface area contributed by atoms with Crippen LogP contribution in [0.1, 0.15) is 56.0 Å². The van der Waals surface area contributed by atoms with Crippen LogP contribution in [0.3, 0.4) is 0 Å². The summed E-state index contributed by atoms with van der Waals surface area (Å²) in [5, 5.41) is 3.80. The lowest BCUT2D eigenvalue weighted by Crippen LogP contribution is -2.36. The third-order valence-electron chi connectivity index (χ3n) is 5.39. The second-order valence-corrected chi connectivity index (χ2v) is 8.08. The highest BCUT2D eigenvalue weighted by molar-refractivity contribution is 7.15. The van der Waals surface area contributed by atoms with Crippen LogP contribution in [0, 0.1) is 5.41 Å². The molecule has 5 nitrogen and oxygen atoms in total. The smallest absolute Gasteiger partial charge is 0.226 e. The average Bonchev–Trinajstić information content (AvgIpc) is 2.96. The van der Waals surface area contributed by atoms with Gasteiger partial charge in [-0.1, -0.05) is 26.2 Å². The Morgan fingerprint density at radius 1 is 1.32 bits per heavy atom. The molecule has 0 saturated heterocycles. The van der Waals surface area contributed by atoms with Crippen LogP contribution in [0.2, 0.25) is 0 Å². The van der Waals surface area contributed by atoms with Gasteiger partial charge in [-0.2, -0.15) is 0 Å². The molecule has 3 N–H and O–H groups in total. The number of aromatic nitrogens is 1. The van der Waals surface area contributed by atoms with Crippen molar-refractivity contribution in [3.63, 3.8) is 0 Å². The summed E-state index contributed by atoms with van der Waals surface area (Å²) in [6, 6.07) is 0. The summed E-state index contributed by atoms with van der Waals surface area (Å²) in [6.45, 7) is 5.90. The summed E-state index contributed by atoms with van der Waals surface area (Å²) in [5.41, 5.74) is 7.17. The molecule has 1 fully saturated rings. The molecule has 2 aliphatic rings. The number of carbonyl (C=O) groups excluding carboxylic acids is 1. The highest BCUT2D eigenvalue weighted by Crippen LogP contribution is 2.38. The number of anilines is 1. The zero-order chi connectivity index (χ0) is 16.3. The fraction of sp³-hybridized carbons (Fsp3) is 0.765. The molecule has 1 aromatic heterocycles. The predicted molar refractivity (Wildman–Crippen MR) is 109 cm³/mol. The van der Waals surface area contributed by atoms with Crippen molar-refractivity contribution in [1.29, 1.82) is 0 Å². The molecular formula is C17H30Cl2N4OS. The minimum atomic E-state index is 0. The number of halogens is 2. The molecule has 1 amide bonds. The Morgan fingerprint density at radius 2 is 2.04 bits per heavy atom. The highest BCUT2D eigenvalue weighted by atomic mass is 35.5. The highest BCUT2D eigenvalue weighted by Gasteiger charge is 2.33. The van der Waals surface area contributed by atoms with Gasteiger partial charge in [0.05, 0.1) is 5.69 Å². The average molecular weight is 409 g/mol. The van der Waals surface area contributed by atoms with Gasteiger partial charge in [-0.25, -0.2) is 4.98 Å². The van der Waals surface area contributed by atoms with Crippen molar-refractivity contribution in [2.24, 2.45) is 11.1 Å². The summed E-state index contributed by atoms with van der Waals surface area (Å²) in [6.07, 6.45) is 7.35. The molecule has 0 aromatic carbocycles. The second kappa shape index (κ2) is 10.1. The van der Waals surface area contributed by atoms with Crippen LogP contribution in [0.5, 0.6) is 0 Å². The molecule has 1 aliphatic heterocycles. The first kappa shape index (κ1) is 22.6. The topological polar surface area (TPSA) is 71.2 Å². The van der Waals surface area contributed by atoms with Crippen LogP contribution in [-0.4, -0.2) is 35.4 Å². The molecule has 144 valence electrons. The molecule has 0 unspecified atom stereocenters. The molecule has 8 heteroatoms. The summed E-state index contributed by atoms with van der Waals surface area (Å²) in [4.78, 5) is 20.8. The van der Waals surface area contributed by atoms with E-state index in [9.17, 15) is 4.79 Å². The predicted octanol–water partition coefficient (Wildman–Crippen LogP) is 3.60. The Kier molecular flexibility index (Phi) is 9.12. The lowest BCUT2D eigenvalue weighted by Gasteiger charge is -2.35. The van der Waals surface area contributed by atoms with Gasteiger partial charge < -0.3 is 11.1 Å². The number of fused-ring (bicyclic) bond motifs is 1. The largest absolute Gasteiger partial charge is 0.330 e. The molecule has 25 heavy (non-hydrogen) atoms. The summed E-state index contributed by atoms with van der Waals surface area (Å²) in [7, 11) is 0. The zero-order valence-corrected chi connectivity index (χ0v) is 17.3. The van der Waals surface area contributed by atoms with E-state index in [-0.39, 0.29) is 36.1 Å². The van der Waals surface area contributed by atoms with Crippen LogP contribution < -0.4 is 11.1 Å². The Balaban J connectivity index is 0.00000156. The van der Waals surface area contributed by atoms with Crippen LogP contribution in [-0.2, 0) is 17.8 Å². The van der Waals surface area contributed by atoms with Crippen LogP contribution >= 0.6 is 36.2 Å². The second-order valence-electron chi connectivity index (χ2n) is 7.00. The summed E-state index contributed by atoms with van der Waals surface area (Å²) in [5.74, 6) is 0.0794. The number of nitrogens with zero attached hydrogens (tertiary/aromatic N) is 2. The van der Waals surface area contributed by atoms with Gasteiger partial charge >= 0.3 is 0 Å². The van der Waals surface area contributed by atoms with Crippen LogP contribution in [0.25, 0.3) is 0 Å². The Morgan fingerprint density at radius 3 is 2.68 bits per heavy atom. The Bertz CT molecular complexity index is 561. The first-order chi connectivity index (χ1) is 11.1. The number of hydrogen-bond acceptors (Lipinski definition) is 5. The van der Waals surface area contributed by atoms with Gasteiger partial charge in [0, 0.05) is 30.8 Å². The van der Waals surface area contributed by atoms with Gasteiger partial charge in [-0.05, 0) is 31.3 Å². The Labute approximate surface area is 167 Å². The summed E-state index contributed by atoms with van der Waals surface area (Å²) >= 11 is 1.64. The number of hydrogen-bond donors (Lipinski definition) is 2. The number of nitrogens with one attached hydrogen (secondary N) is 1. The van der Waals surface area contributed by atoms with Crippen molar-refractivity contribution in [2.75, 3.05) is 25.0 Å². The third kappa shape index (κ3) is 5.54. The fourth-order valence-electron chi connectivity index (χ4n) is 3.83. The van der Waals surface area contributed by atoms with E-state index in [1.165, 1.54) is 29.8 Å². The van der Waals surface area contributed by atoms with Gasteiger partial charge in [0.15, 0.2) is 5.13 Å². The SMILES string of the molecule is CCN1CCc2nc(NC(=O)CC3(CN)CCCCC3)sc2C1.Cl.Cl. The summed E-state index contributed by atoms with van der Waals surface area (Å²) < 4.78 is 0. The van der Waals surface area contributed by atoms with E-state index in [4.69, 9.17) is 5.73 Å². The standard InChI is InChI=1S/C17H28N4OS.2ClH/c1-2-21-9-6-13-14(11-21)23-16(19-13)20-15(22)10-17(12-18)7-4-3-5-8-17;;/h2-12,18H2,1H3,(H,19,20,22);2*1H. The van der Waals surface area contributed by atoms with Gasteiger partial charge in [0.1, 0.15) is 0 Å². The quantitative estimate of drug-likeness (QED) is 0.780. The van der Waals surface area contributed by atoms with E-state index >= 15 is 0 Å². The Hall–Kier alpha value is -0.400. The number of amides is 1. The number of thiazole rings is 1. The van der Waals surface area contributed by atoms with Gasteiger partial charge in [0.2, 0.25) is 5.91 Å². The maximum atomic E-state index is 12.5. The maximum Gasteiger partial charge on any atom is 0.226 e. The first-order valence-corrected chi connectivity index (χ1v) is 9.66. The van der Waals surface area contributed by atoms with Gasteiger partial charge in [0.25, 0.3) is 0 Å². The molecule has 0 spiro atoms. The van der Waals surface area contributed by atoms with Crippen LogP contribution in [0.15, 0.2) is 0 Å². The lowest BCUT2D eigenvalue weighted by atomic mass is 9.72. The van der Waals surface area contributed by atoms with Crippen LogP contribution in [0.4, 0.5) is 5.13 Å². The molecule has 3 rings (SSSR count). The van der Waals surface area contributed by atoms with E-state index in [1.807, 2.05) is 0 Å². The van der Waals surface area contributed by atoms with Crippen molar-refractivity contribution >= 4 is 47.2 Å². The molecule has 0 radical (unpaired) electrons. The van der Waals surface area contributed by atoms with Crippen molar-refractivity contribution in [3.8, 4) is 0 Å². The molecular weight excluding hydrogens is 379 g/mol. The van der Waals surface area contributed by atoms with Crippen molar-refractivity contribution < 1.29 is 4.79 Å². The fourth-order valence-corrected chi connectivity index (χ4v) is 4.90. The number of rotatable bonds is 5. The van der Waals surface area contributed by atoms with Crippen molar-refractivity contribution in [2.45, 2.75) is 58.4 Å². The lowest BCUT2D eigenvalue weighted by molar-refractivity contribution is -0.118. The first-order valence-electron chi connectivity index (χ1n) is 8.85. The minimum absolute atomic E-state index is 0. The van der Waals surface area contributed by atoms with Crippen molar-refractivity contribution in [1.82, 2.24) is 9.88 Å². The molecule has 0 bridgehead atoms. The number of nitrogens with two attached hydrogens (primary N) is 1. The van der Waals surface area contributed by atoms with E-state index in [2.05, 4.69) is 22.1 Å². The third-order valence-corrected chi connectivity index (χ3v) is 6.38. The van der Waals surface area contributed by atoms with E-state index in [0.717, 1.165) is 44.0 Å². The molecule has 0 atom stereocenters. The van der Waals surface area contributed by atoms with E-state index in [0.29, 0.717) is 13.0 Å². The zero-order valence-electron chi connectivity index (χ0n) is 14.9. The molecule has 1 aromatic rings. The van der Waals surface area contributed by atoms with Gasteiger partial charge in [-0.15, -0.1) is 36.2 Å². The number of likely N-dealkylation sites (N-methyl/N-ethyl adjacent to an activating group) is 1. The normalized spacial score (nSPS) is 19.3. The molecule has 1 aliphatic carbocycles. The minimum Gasteiger partial charge on any atom is -0.330 e. The van der Waals surface area contributed by atoms with E-state index in [1.54, 1.807) is 11.3 Å². The molecule has 1 saturated carbocycles. The van der Waals surface area contributed by atoms with E-state index < -0.39 is 0 Å².